The molecule has 0 aromatic rings. The molecular weight excluding hydrogens is 304 g/mol. The van der Waals surface area contributed by atoms with E-state index in [1.807, 2.05) is 0 Å². The van der Waals surface area contributed by atoms with Gasteiger partial charge < -0.3 is 4.79 Å². The van der Waals surface area contributed by atoms with Gasteiger partial charge in [0.15, 0.2) is 0 Å². The van der Waals surface area contributed by atoms with E-state index in [0.29, 0.717) is 16.6 Å². The summed E-state index contributed by atoms with van der Waals surface area (Å²) in [5.74, 6) is 5.37. The highest BCUT2D eigenvalue weighted by atomic mass is 16.1. The van der Waals surface area contributed by atoms with Crippen LogP contribution in [0, 0.1) is 40.4 Å². The summed E-state index contributed by atoms with van der Waals surface area (Å²) < 4.78 is 0. The van der Waals surface area contributed by atoms with Crippen molar-refractivity contribution in [2.75, 3.05) is 0 Å². The Labute approximate surface area is 155 Å². The summed E-state index contributed by atoms with van der Waals surface area (Å²) >= 11 is 0. The van der Waals surface area contributed by atoms with Crippen LogP contribution >= 0.6 is 0 Å². The fourth-order valence-electron chi connectivity index (χ4n) is 8.48. The molecule has 0 radical (unpaired) electrons. The molecule has 0 spiro atoms. The van der Waals surface area contributed by atoms with Crippen molar-refractivity contribution in [2.24, 2.45) is 40.4 Å². The smallest absolute Gasteiger partial charge is 0.129 e. The van der Waals surface area contributed by atoms with Gasteiger partial charge in [0, 0.05) is 6.42 Å². The van der Waals surface area contributed by atoms with Crippen LogP contribution < -0.4 is 0 Å². The monoisotopic (exact) mass is 344 g/mol. The molecule has 1 heteroatoms. The Morgan fingerprint density at radius 2 is 1.68 bits per heavy atom. The molecule has 0 aromatic carbocycles. The average molecular weight is 345 g/mol. The molecular formula is C24H40O. The Morgan fingerprint density at radius 3 is 2.48 bits per heavy atom. The van der Waals surface area contributed by atoms with Crippen molar-refractivity contribution in [2.45, 2.75) is 104 Å². The van der Waals surface area contributed by atoms with Gasteiger partial charge in [0.05, 0.1) is 0 Å². The Bertz CT molecular complexity index is 510. The van der Waals surface area contributed by atoms with Crippen molar-refractivity contribution in [3.8, 4) is 0 Å². The van der Waals surface area contributed by atoms with Crippen molar-refractivity contribution >= 4 is 5.78 Å². The van der Waals surface area contributed by atoms with Crippen LogP contribution in [0.2, 0.25) is 0 Å². The zero-order chi connectivity index (χ0) is 17.7. The van der Waals surface area contributed by atoms with E-state index in [4.69, 9.17) is 0 Å². The van der Waals surface area contributed by atoms with Crippen LogP contribution in [0.15, 0.2) is 0 Å². The van der Waals surface area contributed by atoms with E-state index in [0.717, 1.165) is 42.4 Å². The highest BCUT2D eigenvalue weighted by molar-refractivity contribution is 5.75. The summed E-state index contributed by atoms with van der Waals surface area (Å²) in [7, 11) is 0. The normalized spacial score (nSPS) is 49.2. The largest absolute Gasteiger partial charge is 0.300 e. The van der Waals surface area contributed by atoms with Gasteiger partial charge in [-0.2, -0.15) is 0 Å². The number of hydrogen-bond acceptors (Lipinski definition) is 1. The molecule has 0 aromatic heterocycles. The summed E-state index contributed by atoms with van der Waals surface area (Å²) in [6.45, 7) is 7.10. The molecule has 4 rings (SSSR count). The molecule has 0 saturated heterocycles. The molecule has 0 N–H and O–H groups in total. The van der Waals surface area contributed by atoms with Crippen LogP contribution in [0.1, 0.15) is 104 Å². The number of fused-ring (bicyclic) bond motifs is 5. The number of Topliss-reactive ketones (excluding diaryl/α,β-unsaturated/α-hetero) is 1. The quantitative estimate of drug-likeness (QED) is 0.548. The predicted octanol–water partition coefficient (Wildman–Crippen LogP) is 6.79. The minimum Gasteiger partial charge on any atom is -0.300 e. The third-order valence-corrected chi connectivity index (χ3v) is 9.86. The van der Waals surface area contributed by atoms with Gasteiger partial charge in [0.1, 0.15) is 5.78 Å². The molecule has 7 atom stereocenters. The Morgan fingerprint density at radius 1 is 0.880 bits per heavy atom. The van der Waals surface area contributed by atoms with E-state index >= 15 is 0 Å². The van der Waals surface area contributed by atoms with Crippen LogP contribution in [-0.4, -0.2) is 5.78 Å². The van der Waals surface area contributed by atoms with E-state index < -0.39 is 0 Å². The molecule has 0 amide bonds. The van der Waals surface area contributed by atoms with Gasteiger partial charge in [-0.25, -0.2) is 0 Å². The summed E-state index contributed by atoms with van der Waals surface area (Å²) in [5.41, 5.74) is 1.27. The third-order valence-electron chi connectivity index (χ3n) is 9.86. The second kappa shape index (κ2) is 6.68. The van der Waals surface area contributed by atoms with E-state index in [1.54, 1.807) is 6.92 Å². The summed E-state index contributed by atoms with van der Waals surface area (Å²) in [6.07, 6.45) is 18.3. The maximum Gasteiger partial charge on any atom is 0.129 e. The lowest BCUT2D eigenvalue weighted by Gasteiger charge is -2.60. The molecule has 4 saturated carbocycles. The minimum atomic E-state index is 0.381. The number of carbonyl (C=O) groups excluding carboxylic acids is 1. The fraction of sp³-hybridized carbons (Fsp3) is 0.958. The van der Waals surface area contributed by atoms with Crippen LogP contribution in [0.4, 0.5) is 0 Å². The topological polar surface area (TPSA) is 17.1 Å². The second-order valence-corrected chi connectivity index (χ2v) is 10.8. The van der Waals surface area contributed by atoms with Gasteiger partial charge in [-0.15, -0.1) is 0 Å². The van der Waals surface area contributed by atoms with Gasteiger partial charge in [-0.3, -0.25) is 0 Å². The summed E-state index contributed by atoms with van der Waals surface area (Å²) in [4.78, 5) is 11.3. The van der Waals surface area contributed by atoms with E-state index in [2.05, 4.69) is 13.8 Å². The third kappa shape index (κ3) is 2.92. The SMILES string of the molecule is CC(=O)CCCC1CCC2[C@@H]3CC[C@@H]4CCCC[C@]4(C)C3CCC12C. The highest BCUT2D eigenvalue weighted by Crippen LogP contribution is 2.67. The van der Waals surface area contributed by atoms with Crippen molar-refractivity contribution in [1.82, 2.24) is 0 Å². The van der Waals surface area contributed by atoms with Gasteiger partial charge in [-0.1, -0.05) is 26.7 Å². The molecule has 4 aliphatic carbocycles. The zero-order valence-corrected chi connectivity index (χ0v) is 17.0. The van der Waals surface area contributed by atoms with Gasteiger partial charge in [-0.05, 0) is 112 Å². The van der Waals surface area contributed by atoms with Crippen molar-refractivity contribution in [1.29, 1.82) is 0 Å². The van der Waals surface area contributed by atoms with Crippen molar-refractivity contribution < 1.29 is 4.79 Å². The van der Waals surface area contributed by atoms with E-state index in [9.17, 15) is 4.79 Å². The van der Waals surface area contributed by atoms with E-state index in [-0.39, 0.29) is 0 Å². The first-order valence-electron chi connectivity index (χ1n) is 11.4. The van der Waals surface area contributed by atoms with Gasteiger partial charge >= 0.3 is 0 Å². The minimum absolute atomic E-state index is 0.381. The van der Waals surface area contributed by atoms with Crippen LogP contribution in [0.25, 0.3) is 0 Å². The lowest BCUT2D eigenvalue weighted by Crippen LogP contribution is -2.52. The van der Waals surface area contributed by atoms with Gasteiger partial charge in [0.2, 0.25) is 0 Å². The Hall–Kier alpha value is -0.330. The standard InChI is InChI=1S/C24H40O/c1-17(25)7-6-9-19-11-13-21-20-12-10-18-8-4-5-15-23(18,2)22(20)14-16-24(19,21)3/h18-22H,4-16H2,1-3H3/t18-,19?,20-,21?,22?,23-,24?/m0/s1. The van der Waals surface area contributed by atoms with Crippen LogP contribution in [0.3, 0.4) is 0 Å². The highest BCUT2D eigenvalue weighted by Gasteiger charge is 2.59. The second-order valence-electron chi connectivity index (χ2n) is 10.8. The van der Waals surface area contributed by atoms with E-state index in [1.165, 1.54) is 70.6 Å². The van der Waals surface area contributed by atoms with Crippen molar-refractivity contribution in [3.63, 3.8) is 0 Å². The lowest BCUT2D eigenvalue weighted by atomic mass is 9.45. The molecule has 4 aliphatic rings. The lowest BCUT2D eigenvalue weighted by molar-refractivity contribution is -0.117. The maximum atomic E-state index is 11.3. The first-order valence-corrected chi connectivity index (χ1v) is 11.4. The van der Waals surface area contributed by atoms with Crippen LogP contribution in [-0.2, 0) is 4.79 Å². The Kier molecular flexibility index (Phi) is 4.82. The molecule has 0 bridgehead atoms. The summed E-state index contributed by atoms with van der Waals surface area (Å²) in [5, 5.41) is 0. The molecule has 25 heavy (non-hydrogen) atoms. The summed E-state index contributed by atoms with van der Waals surface area (Å²) in [6, 6.07) is 0. The molecule has 0 aliphatic heterocycles. The molecule has 4 unspecified atom stereocenters. The zero-order valence-electron chi connectivity index (χ0n) is 17.0. The number of hydrogen-bond donors (Lipinski definition) is 0. The van der Waals surface area contributed by atoms with Crippen LogP contribution in [0.5, 0.6) is 0 Å². The fourth-order valence-corrected chi connectivity index (χ4v) is 8.48. The molecule has 4 fully saturated rings. The maximum absolute atomic E-state index is 11.3. The Balaban J connectivity index is 1.48. The molecule has 0 heterocycles. The van der Waals surface area contributed by atoms with Gasteiger partial charge in [0.25, 0.3) is 0 Å². The first-order chi connectivity index (χ1) is 11.9. The van der Waals surface area contributed by atoms with Crippen molar-refractivity contribution in [3.05, 3.63) is 0 Å². The molecule has 142 valence electrons. The number of carbonyl (C=O) groups is 1. The molecule has 1 nitrogen and oxygen atoms in total. The average Bonchev–Trinajstić information content (AvgIpc) is 2.91. The first kappa shape index (κ1) is 18.1. The number of ketones is 1. The predicted molar refractivity (Wildman–Crippen MR) is 104 cm³/mol. The number of rotatable bonds is 4.